The maximum Gasteiger partial charge on any atom is 0.217 e. The van der Waals surface area contributed by atoms with E-state index >= 15 is 0 Å². The van der Waals surface area contributed by atoms with Gasteiger partial charge >= 0.3 is 0 Å². The lowest BCUT2D eigenvalue weighted by Crippen LogP contribution is -2.26. The molecular weight excluding hydrogens is 288 g/mol. The Labute approximate surface area is 127 Å². The summed E-state index contributed by atoms with van der Waals surface area (Å²) >= 11 is 1.44. The molecule has 0 fully saturated rings. The van der Waals surface area contributed by atoms with E-state index in [0.717, 1.165) is 35.0 Å². The number of hydrogen-bond acceptors (Lipinski definition) is 7. The molecule has 0 aliphatic heterocycles. The van der Waals surface area contributed by atoms with Crippen LogP contribution >= 0.6 is 11.3 Å². The van der Waals surface area contributed by atoms with Crippen LogP contribution in [-0.4, -0.2) is 32.6 Å². The van der Waals surface area contributed by atoms with Crippen LogP contribution in [-0.2, 0) is 4.79 Å². The van der Waals surface area contributed by atoms with Gasteiger partial charge in [0.05, 0.1) is 6.04 Å². The quantitative estimate of drug-likeness (QED) is 0.747. The van der Waals surface area contributed by atoms with Gasteiger partial charge in [0.15, 0.2) is 5.01 Å². The first kappa shape index (κ1) is 15.5. The Balaban J connectivity index is 2.12. The van der Waals surface area contributed by atoms with Gasteiger partial charge in [-0.3, -0.25) is 4.79 Å². The normalized spacial score (nSPS) is 12.1. The Morgan fingerprint density at radius 3 is 2.95 bits per heavy atom. The third-order valence-corrected chi connectivity index (χ3v) is 3.92. The van der Waals surface area contributed by atoms with Crippen molar-refractivity contribution in [2.75, 3.05) is 6.54 Å². The van der Waals surface area contributed by atoms with E-state index in [1.807, 2.05) is 0 Å². The summed E-state index contributed by atoms with van der Waals surface area (Å²) < 4.78 is 0. The number of rotatable bonds is 7. The topological polar surface area (TPSA) is 107 Å². The molecule has 21 heavy (non-hydrogen) atoms. The van der Waals surface area contributed by atoms with E-state index < -0.39 is 0 Å². The number of carbonyl (C=O) groups is 1. The molecule has 2 rings (SSSR count). The van der Waals surface area contributed by atoms with Crippen molar-refractivity contribution < 1.29 is 4.79 Å². The first-order valence-corrected chi connectivity index (χ1v) is 7.59. The van der Waals surface area contributed by atoms with Crippen LogP contribution in [0, 0.1) is 0 Å². The van der Waals surface area contributed by atoms with Crippen LogP contribution in [0.5, 0.6) is 0 Å². The zero-order chi connectivity index (χ0) is 15.1. The average molecular weight is 306 g/mol. The molecule has 0 spiro atoms. The monoisotopic (exact) mass is 306 g/mol. The minimum absolute atomic E-state index is 0.0773. The minimum Gasteiger partial charge on any atom is -0.347 e. The minimum atomic E-state index is -0.123. The molecule has 112 valence electrons. The lowest BCUT2D eigenvalue weighted by atomic mass is 10.1. The summed E-state index contributed by atoms with van der Waals surface area (Å²) in [6.45, 7) is 2.15. The number of nitrogens with two attached hydrogens (primary N) is 1. The van der Waals surface area contributed by atoms with E-state index in [2.05, 4.69) is 25.5 Å². The van der Waals surface area contributed by atoms with Crippen LogP contribution in [0.2, 0.25) is 0 Å². The molecule has 0 aliphatic rings. The van der Waals surface area contributed by atoms with E-state index in [1.165, 1.54) is 24.6 Å². The Hall–Kier alpha value is -1.93. The van der Waals surface area contributed by atoms with Gasteiger partial charge in [-0.2, -0.15) is 0 Å². The fraction of sp³-hybridized carbons (Fsp3) is 0.462. The SMILES string of the molecule is CC(=O)NC(CCCCN)c1nnc(-c2ccncn2)s1. The van der Waals surface area contributed by atoms with Crippen LogP contribution in [0.15, 0.2) is 18.6 Å². The van der Waals surface area contributed by atoms with Crippen molar-refractivity contribution in [3.8, 4) is 10.7 Å². The van der Waals surface area contributed by atoms with Crippen molar-refractivity contribution >= 4 is 17.2 Å². The summed E-state index contributed by atoms with van der Waals surface area (Å²) in [4.78, 5) is 19.4. The van der Waals surface area contributed by atoms with Crippen molar-refractivity contribution in [2.24, 2.45) is 5.73 Å². The molecule has 2 heterocycles. The molecule has 0 radical (unpaired) electrons. The first-order chi connectivity index (χ1) is 10.2. The summed E-state index contributed by atoms with van der Waals surface area (Å²) in [6, 6.07) is 1.66. The molecule has 0 saturated carbocycles. The molecule has 2 aromatic rings. The molecular formula is C13H18N6OS. The summed E-state index contributed by atoms with van der Waals surface area (Å²) in [7, 11) is 0. The molecule has 0 saturated heterocycles. The molecule has 0 aliphatic carbocycles. The summed E-state index contributed by atoms with van der Waals surface area (Å²) in [5.41, 5.74) is 6.24. The first-order valence-electron chi connectivity index (χ1n) is 6.77. The van der Waals surface area contributed by atoms with Crippen LogP contribution < -0.4 is 11.1 Å². The Morgan fingerprint density at radius 2 is 2.29 bits per heavy atom. The van der Waals surface area contributed by atoms with Gasteiger partial charge in [0.2, 0.25) is 5.91 Å². The second kappa shape index (κ2) is 7.75. The number of nitrogens with one attached hydrogen (secondary N) is 1. The van der Waals surface area contributed by atoms with Crippen LogP contribution in [0.3, 0.4) is 0 Å². The Kier molecular flexibility index (Phi) is 5.70. The van der Waals surface area contributed by atoms with Crippen LogP contribution in [0.4, 0.5) is 0 Å². The summed E-state index contributed by atoms with van der Waals surface area (Å²) in [5.74, 6) is -0.0773. The second-order valence-corrected chi connectivity index (χ2v) is 5.59. The van der Waals surface area contributed by atoms with Gasteiger partial charge in [0, 0.05) is 13.1 Å². The highest BCUT2D eigenvalue weighted by molar-refractivity contribution is 7.14. The van der Waals surface area contributed by atoms with Crippen molar-refractivity contribution in [3.63, 3.8) is 0 Å². The maximum absolute atomic E-state index is 11.3. The fourth-order valence-corrected chi connectivity index (χ4v) is 2.80. The van der Waals surface area contributed by atoms with Crippen LogP contribution in [0.1, 0.15) is 37.2 Å². The molecule has 3 N–H and O–H groups in total. The molecule has 0 aromatic carbocycles. The van der Waals surface area contributed by atoms with Crippen molar-refractivity contribution in [3.05, 3.63) is 23.6 Å². The molecule has 0 bridgehead atoms. The van der Waals surface area contributed by atoms with Crippen molar-refractivity contribution in [1.82, 2.24) is 25.5 Å². The largest absolute Gasteiger partial charge is 0.347 e. The van der Waals surface area contributed by atoms with Gasteiger partial charge in [-0.1, -0.05) is 11.3 Å². The second-order valence-electron chi connectivity index (χ2n) is 4.58. The molecule has 1 amide bonds. The third kappa shape index (κ3) is 4.54. The van der Waals surface area contributed by atoms with Gasteiger partial charge in [0.1, 0.15) is 17.0 Å². The number of amides is 1. The van der Waals surface area contributed by atoms with Gasteiger partial charge in [-0.05, 0) is 31.9 Å². The molecule has 8 heteroatoms. The number of hydrogen-bond donors (Lipinski definition) is 2. The highest BCUT2D eigenvalue weighted by atomic mass is 32.1. The zero-order valence-electron chi connectivity index (χ0n) is 11.8. The zero-order valence-corrected chi connectivity index (χ0v) is 12.6. The lowest BCUT2D eigenvalue weighted by Gasteiger charge is -2.14. The predicted molar refractivity (Wildman–Crippen MR) is 80.4 cm³/mol. The Morgan fingerprint density at radius 1 is 1.43 bits per heavy atom. The van der Waals surface area contributed by atoms with E-state index in [-0.39, 0.29) is 11.9 Å². The summed E-state index contributed by atoms with van der Waals surface area (Å²) in [5, 5.41) is 12.8. The third-order valence-electron chi connectivity index (χ3n) is 2.86. The Bertz CT molecular complexity index is 573. The number of nitrogens with zero attached hydrogens (tertiary/aromatic N) is 4. The highest BCUT2D eigenvalue weighted by Gasteiger charge is 2.18. The number of carbonyl (C=O) groups excluding carboxylic acids is 1. The molecule has 1 atom stereocenters. The highest BCUT2D eigenvalue weighted by Crippen LogP contribution is 2.27. The predicted octanol–water partition coefficient (Wildman–Crippen LogP) is 1.30. The van der Waals surface area contributed by atoms with Gasteiger partial charge in [-0.25, -0.2) is 9.97 Å². The number of aromatic nitrogens is 4. The number of unbranched alkanes of at least 4 members (excludes halogenated alkanes) is 1. The molecule has 1 unspecified atom stereocenters. The van der Waals surface area contributed by atoms with E-state index in [4.69, 9.17) is 5.73 Å². The maximum atomic E-state index is 11.3. The van der Waals surface area contributed by atoms with Gasteiger partial charge in [0.25, 0.3) is 0 Å². The lowest BCUT2D eigenvalue weighted by molar-refractivity contribution is -0.119. The smallest absolute Gasteiger partial charge is 0.217 e. The molecule has 2 aromatic heterocycles. The van der Waals surface area contributed by atoms with E-state index in [1.54, 1.807) is 12.3 Å². The average Bonchev–Trinajstić information content (AvgIpc) is 2.97. The van der Waals surface area contributed by atoms with E-state index in [9.17, 15) is 4.79 Å². The van der Waals surface area contributed by atoms with Crippen molar-refractivity contribution in [1.29, 1.82) is 0 Å². The fourth-order valence-electron chi connectivity index (χ4n) is 1.89. The van der Waals surface area contributed by atoms with Gasteiger partial charge < -0.3 is 11.1 Å². The van der Waals surface area contributed by atoms with Crippen molar-refractivity contribution in [2.45, 2.75) is 32.2 Å². The van der Waals surface area contributed by atoms with E-state index in [0.29, 0.717) is 6.54 Å². The van der Waals surface area contributed by atoms with Gasteiger partial charge in [-0.15, -0.1) is 10.2 Å². The standard InChI is InChI=1S/C13H18N6OS/c1-9(20)17-11(4-2-3-6-14)13-19-18-12(21-13)10-5-7-15-8-16-10/h5,7-8,11H,2-4,6,14H2,1H3,(H,17,20). The van der Waals surface area contributed by atoms with Crippen LogP contribution in [0.25, 0.3) is 10.7 Å². The molecule has 7 nitrogen and oxygen atoms in total. The summed E-state index contributed by atoms with van der Waals surface area (Å²) in [6.07, 6.45) is 5.80.